The van der Waals surface area contributed by atoms with Crippen LogP contribution in [0.2, 0.25) is 0 Å². The van der Waals surface area contributed by atoms with E-state index in [9.17, 15) is 18.6 Å². The average Bonchev–Trinajstić information content (AvgIpc) is 2.85. The van der Waals surface area contributed by atoms with Gasteiger partial charge in [-0.1, -0.05) is 21.6 Å². The van der Waals surface area contributed by atoms with Crippen LogP contribution in [0.4, 0.5) is 0 Å². The summed E-state index contributed by atoms with van der Waals surface area (Å²) in [5, 5.41) is 0. The lowest BCUT2D eigenvalue weighted by molar-refractivity contribution is -0.0237. The second-order valence-corrected chi connectivity index (χ2v) is 12.0. The van der Waals surface area contributed by atoms with Gasteiger partial charge in [0, 0.05) is 18.2 Å². The Hall–Kier alpha value is 0.655. The second kappa shape index (κ2) is 11.9. The Morgan fingerprint density at radius 2 is 1.82 bits per heavy atom. The van der Waals surface area contributed by atoms with Crippen LogP contribution in [0.3, 0.4) is 0 Å². The van der Waals surface area contributed by atoms with E-state index >= 15 is 0 Å². The highest BCUT2D eigenvalue weighted by Gasteiger charge is 2.42. The number of ether oxygens (including phenoxy) is 2. The van der Waals surface area contributed by atoms with E-state index < -0.39 is 48.3 Å². The van der Waals surface area contributed by atoms with Gasteiger partial charge in [0.1, 0.15) is 19.9 Å². The van der Waals surface area contributed by atoms with Crippen LogP contribution in [0.1, 0.15) is 12.8 Å². The van der Waals surface area contributed by atoms with Crippen LogP contribution >= 0.6 is 45.1 Å². The molecular formula is C10H18BO12P3S2. The molecule has 1 heterocycles. The third-order valence-corrected chi connectivity index (χ3v) is 8.65. The summed E-state index contributed by atoms with van der Waals surface area (Å²) >= 11 is 0. The van der Waals surface area contributed by atoms with Crippen LogP contribution in [0, 0.1) is 12.3 Å². The van der Waals surface area contributed by atoms with E-state index in [4.69, 9.17) is 38.4 Å². The van der Waals surface area contributed by atoms with Crippen molar-refractivity contribution in [3.05, 3.63) is 0 Å². The molecule has 1 fully saturated rings. The highest BCUT2D eigenvalue weighted by atomic mass is 33.1. The molecule has 1 rings (SSSR count). The maximum absolute atomic E-state index is 11.7. The third-order valence-electron chi connectivity index (χ3n) is 2.79. The van der Waals surface area contributed by atoms with E-state index in [1.165, 1.54) is 21.6 Å². The predicted octanol–water partition coefficient (Wildman–Crippen LogP) is 1.36. The summed E-state index contributed by atoms with van der Waals surface area (Å²) in [7, 11) is -7.72. The first-order chi connectivity index (χ1) is 12.8. The van der Waals surface area contributed by atoms with Crippen molar-refractivity contribution in [1.29, 1.82) is 0 Å². The minimum atomic E-state index is -5.57. The van der Waals surface area contributed by atoms with Gasteiger partial charge in [0.05, 0.1) is 12.7 Å². The first-order valence-electron chi connectivity index (χ1n) is 7.32. The Morgan fingerprint density at radius 3 is 2.43 bits per heavy atom. The molecule has 5 atom stereocenters. The van der Waals surface area contributed by atoms with E-state index in [0.717, 1.165) is 5.75 Å². The molecule has 0 aromatic heterocycles. The van der Waals surface area contributed by atoms with Crippen molar-refractivity contribution in [3.8, 4) is 12.3 Å². The number of rotatable bonds is 13. The molecule has 28 heavy (non-hydrogen) atoms. The van der Waals surface area contributed by atoms with Gasteiger partial charge in [-0.25, -0.2) is 13.7 Å². The average molecular weight is 498 g/mol. The first-order valence-corrected chi connectivity index (χ1v) is 14.3. The Labute approximate surface area is 170 Å². The van der Waals surface area contributed by atoms with Crippen molar-refractivity contribution in [1.82, 2.24) is 0 Å². The summed E-state index contributed by atoms with van der Waals surface area (Å²) in [6, 6.07) is -0.723. The van der Waals surface area contributed by atoms with Gasteiger partial charge < -0.3 is 29.0 Å². The SMILES string of the molecule is [B][C@H]1CC(OCSSCCC#C)[C@@H](COP(=O)(O)OP(=O)(O)OP(=O)(O)O)O1. The van der Waals surface area contributed by atoms with Gasteiger partial charge in [0.2, 0.25) is 0 Å². The summed E-state index contributed by atoms with van der Waals surface area (Å²) in [5.41, 5.74) is 0. The Bertz CT molecular complexity index is 683. The summed E-state index contributed by atoms with van der Waals surface area (Å²) in [6.45, 7) is -0.614. The molecule has 1 aliphatic heterocycles. The molecule has 2 radical (unpaired) electrons. The summed E-state index contributed by atoms with van der Waals surface area (Å²) in [6.07, 6.45) is 4.52. The monoisotopic (exact) mass is 498 g/mol. The van der Waals surface area contributed by atoms with Gasteiger partial charge in [-0.05, 0) is 6.42 Å². The fourth-order valence-corrected chi connectivity index (χ4v) is 6.47. The van der Waals surface area contributed by atoms with Gasteiger partial charge in [0.25, 0.3) is 0 Å². The predicted molar refractivity (Wildman–Crippen MR) is 102 cm³/mol. The van der Waals surface area contributed by atoms with Gasteiger partial charge in [-0.3, -0.25) is 4.52 Å². The molecule has 0 saturated carbocycles. The Morgan fingerprint density at radius 1 is 1.14 bits per heavy atom. The van der Waals surface area contributed by atoms with Crippen LogP contribution in [-0.4, -0.2) is 63.9 Å². The normalized spacial score (nSPS) is 27.0. The van der Waals surface area contributed by atoms with Crippen LogP contribution < -0.4 is 0 Å². The van der Waals surface area contributed by atoms with Gasteiger partial charge in [0.15, 0.2) is 0 Å². The van der Waals surface area contributed by atoms with Crippen LogP contribution in [-0.2, 0) is 36.3 Å². The van der Waals surface area contributed by atoms with Crippen LogP contribution in [0.25, 0.3) is 0 Å². The molecule has 12 nitrogen and oxygen atoms in total. The largest absolute Gasteiger partial charge is 0.490 e. The highest BCUT2D eigenvalue weighted by molar-refractivity contribution is 8.76. The fraction of sp³-hybridized carbons (Fsp3) is 0.800. The molecule has 0 amide bonds. The number of phosphoric acid groups is 3. The Balaban J connectivity index is 2.49. The molecule has 4 N–H and O–H groups in total. The maximum Gasteiger partial charge on any atom is 0.490 e. The lowest BCUT2D eigenvalue weighted by Crippen LogP contribution is -2.29. The van der Waals surface area contributed by atoms with Gasteiger partial charge in [-0.2, -0.15) is 8.62 Å². The van der Waals surface area contributed by atoms with E-state index in [-0.39, 0.29) is 12.4 Å². The number of hydrogen-bond acceptors (Lipinski definition) is 10. The number of hydrogen-bond donors (Lipinski definition) is 4. The lowest BCUT2D eigenvalue weighted by atomic mass is 9.96. The zero-order valence-electron chi connectivity index (χ0n) is 14.1. The molecule has 0 spiro atoms. The lowest BCUT2D eigenvalue weighted by Gasteiger charge is -2.21. The van der Waals surface area contributed by atoms with E-state index in [2.05, 4.69) is 19.1 Å². The van der Waals surface area contributed by atoms with Crippen molar-refractivity contribution in [2.24, 2.45) is 0 Å². The summed E-state index contributed by atoms with van der Waals surface area (Å²) in [5.74, 6) is 3.48. The molecule has 1 saturated heterocycles. The van der Waals surface area contributed by atoms with Crippen molar-refractivity contribution >= 4 is 52.9 Å². The molecule has 0 aromatic carbocycles. The molecule has 1 aliphatic rings. The summed E-state index contributed by atoms with van der Waals surface area (Å²) in [4.78, 5) is 35.5. The summed E-state index contributed by atoms with van der Waals surface area (Å²) < 4.78 is 56.2. The van der Waals surface area contributed by atoms with Gasteiger partial charge >= 0.3 is 23.5 Å². The minimum Gasteiger partial charge on any atom is -0.380 e. The van der Waals surface area contributed by atoms with Crippen molar-refractivity contribution in [2.45, 2.75) is 31.1 Å². The quantitative estimate of drug-likeness (QED) is 0.0714. The molecule has 0 bridgehead atoms. The van der Waals surface area contributed by atoms with E-state index in [0.29, 0.717) is 6.42 Å². The standard InChI is InChI=1S/C10H18BO12P3S2/c1-2-3-4-27-28-7-19-8-5-10(11)21-9(8)6-20-25(15,16)23-26(17,18)22-24(12,13)14/h1,8-10H,3-7H2,(H,15,16)(H,17,18)(H2,12,13,14)/t8?,9-,10-/m1/s1. The third kappa shape index (κ3) is 11.7. The van der Waals surface area contributed by atoms with Crippen LogP contribution in [0.15, 0.2) is 0 Å². The smallest absolute Gasteiger partial charge is 0.380 e. The molecule has 160 valence electrons. The topological polar surface area (TPSA) is 178 Å². The molecular weight excluding hydrogens is 480 g/mol. The van der Waals surface area contributed by atoms with Crippen LogP contribution in [0.5, 0.6) is 0 Å². The zero-order valence-corrected chi connectivity index (χ0v) is 18.5. The van der Waals surface area contributed by atoms with Gasteiger partial charge in [-0.15, -0.1) is 12.3 Å². The number of phosphoric ester groups is 1. The minimum absolute atomic E-state index is 0.252. The highest BCUT2D eigenvalue weighted by Crippen LogP contribution is 2.66. The number of terminal acetylenes is 1. The van der Waals surface area contributed by atoms with Crippen molar-refractivity contribution in [2.75, 3.05) is 18.3 Å². The zero-order chi connectivity index (χ0) is 21.4. The molecule has 0 aliphatic carbocycles. The van der Waals surface area contributed by atoms with Crippen molar-refractivity contribution in [3.63, 3.8) is 0 Å². The van der Waals surface area contributed by atoms with E-state index in [1.807, 2.05) is 0 Å². The molecule has 18 heteroatoms. The second-order valence-electron chi connectivity index (χ2n) is 5.05. The molecule has 3 unspecified atom stereocenters. The maximum atomic E-state index is 11.7. The Kier molecular flexibility index (Phi) is 11.3. The fourth-order valence-electron chi connectivity index (χ4n) is 1.85. The van der Waals surface area contributed by atoms with Crippen molar-refractivity contribution < 1.29 is 55.9 Å². The van der Waals surface area contributed by atoms with E-state index in [1.54, 1.807) is 0 Å². The first kappa shape index (κ1) is 26.7. The molecule has 0 aromatic rings.